The first-order chi connectivity index (χ1) is 8.41. The van der Waals surface area contributed by atoms with Crippen LogP contribution in [-0.4, -0.2) is 34.1 Å². The Bertz CT molecular complexity index is 331. The monoisotopic (exact) mass is 294 g/mol. The number of carbonyl (C=O) groups is 4. The maximum Gasteiger partial charge on any atom is 0.313 e. The number of carboxylic acids is 2. The molecular formula is C11H22N2O7. The molecule has 9 heteroatoms. The van der Waals surface area contributed by atoms with Crippen molar-refractivity contribution in [3.05, 3.63) is 0 Å². The summed E-state index contributed by atoms with van der Waals surface area (Å²) >= 11 is 0. The van der Waals surface area contributed by atoms with E-state index in [9.17, 15) is 19.2 Å². The van der Waals surface area contributed by atoms with E-state index in [1.807, 2.05) is 0 Å². The molecule has 0 aliphatic carbocycles. The van der Waals surface area contributed by atoms with Crippen molar-refractivity contribution in [1.29, 1.82) is 0 Å². The molecule has 8 N–H and O–H groups in total. The summed E-state index contributed by atoms with van der Waals surface area (Å²) in [5.74, 6) is -3.41. The summed E-state index contributed by atoms with van der Waals surface area (Å²) in [5, 5.41) is 16.7. The predicted molar refractivity (Wildman–Crippen MR) is 68.7 cm³/mol. The van der Waals surface area contributed by atoms with Crippen molar-refractivity contribution in [3.8, 4) is 0 Å². The van der Waals surface area contributed by atoms with E-state index in [4.69, 9.17) is 10.2 Å². The minimum absolute atomic E-state index is 0. The zero-order valence-corrected chi connectivity index (χ0v) is 11.3. The van der Waals surface area contributed by atoms with Crippen molar-refractivity contribution in [2.24, 2.45) is 0 Å². The van der Waals surface area contributed by atoms with E-state index in [0.717, 1.165) is 0 Å². The van der Waals surface area contributed by atoms with E-state index in [1.54, 1.807) is 0 Å². The molecule has 0 atom stereocenters. The highest BCUT2D eigenvalue weighted by Crippen LogP contribution is 2.03. The van der Waals surface area contributed by atoms with Gasteiger partial charge in [-0.2, -0.15) is 0 Å². The molecule has 118 valence electrons. The summed E-state index contributed by atoms with van der Waals surface area (Å²) in [6, 6.07) is 0. The number of carbonyl (C=O) groups excluding carboxylic acids is 2. The Morgan fingerprint density at radius 3 is 1.45 bits per heavy atom. The molecule has 0 aliphatic heterocycles. The molecule has 0 radical (unpaired) electrons. The number of hydrogen-bond acceptors (Lipinski definition) is 7. The second kappa shape index (κ2) is 13.4. The van der Waals surface area contributed by atoms with Gasteiger partial charge in [0.25, 0.3) is 0 Å². The molecule has 0 rings (SSSR count). The topological polar surface area (TPSA) is 188 Å². The van der Waals surface area contributed by atoms with Crippen LogP contribution in [0.3, 0.4) is 0 Å². The lowest BCUT2D eigenvalue weighted by molar-refractivity contribution is -0.160. The lowest BCUT2D eigenvalue weighted by Crippen LogP contribution is -2.12. The highest BCUT2D eigenvalue weighted by atomic mass is 16.6. The fraction of sp³-hybridized carbons (Fsp3) is 0.636. The fourth-order valence-corrected chi connectivity index (χ4v) is 1.16. The van der Waals surface area contributed by atoms with Crippen LogP contribution in [0, 0.1) is 0 Å². The van der Waals surface area contributed by atoms with E-state index in [0.29, 0.717) is 12.8 Å². The molecule has 0 aromatic heterocycles. The zero-order chi connectivity index (χ0) is 14.0. The third kappa shape index (κ3) is 16.0. The molecule has 0 aromatic carbocycles. The number of hydrogen-bond donors (Lipinski definition) is 4. The summed E-state index contributed by atoms with van der Waals surface area (Å²) < 4.78 is 4.42. The minimum atomic E-state index is -1.01. The highest BCUT2D eigenvalue weighted by molar-refractivity contribution is 5.85. The molecule has 0 spiro atoms. The van der Waals surface area contributed by atoms with Gasteiger partial charge in [0.1, 0.15) is 0 Å². The van der Waals surface area contributed by atoms with Crippen LogP contribution in [0.1, 0.15) is 44.9 Å². The lowest BCUT2D eigenvalue weighted by atomic mass is 10.2. The van der Waals surface area contributed by atoms with E-state index >= 15 is 0 Å². The molecule has 0 bridgehead atoms. The van der Waals surface area contributed by atoms with Gasteiger partial charge >= 0.3 is 23.9 Å². The molecule has 0 amide bonds. The number of aliphatic carboxylic acids is 2. The van der Waals surface area contributed by atoms with Gasteiger partial charge in [-0.05, 0) is 19.3 Å². The number of esters is 2. The molecule has 0 heterocycles. The standard InChI is InChI=1S/C11H16O7.2H3N/c12-8(13)4-1-2-6-10(16)18-11(17)7-3-5-9(14)15;;/h1-7H2,(H,12,13)(H,14,15);2*1H3. The summed E-state index contributed by atoms with van der Waals surface area (Å²) in [6.07, 6.45) is 0.499. The van der Waals surface area contributed by atoms with Crippen LogP contribution in [0.4, 0.5) is 0 Å². The summed E-state index contributed by atoms with van der Waals surface area (Å²) in [7, 11) is 0. The summed E-state index contributed by atoms with van der Waals surface area (Å²) in [4.78, 5) is 42.5. The highest BCUT2D eigenvalue weighted by Gasteiger charge is 2.11. The minimum Gasteiger partial charge on any atom is -0.481 e. The van der Waals surface area contributed by atoms with Gasteiger partial charge in [-0.15, -0.1) is 0 Å². The predicted octanol–water partition coefficient (Wildman–Crippen LogP) is 1.28. The van der Waals surface area contributed by atoms with Crippen LogP contribution in [-0.2, 0) is 23.9 Å². The van der Waals surface area contributed by atoms with Crippen molar-refractivity contribution in [3.63, 3.8) is 0 Å². The van der Waals surface area contributed by atoms with Crippen molar-refractivity contribution in [2.75, 3.05) is 0 Å². The zero-order valence-electron chi connectivity index (χ0n) is 11.3. The third-order valence-corrected chi connectivity index (χ3v) is 2.02. The van der Waals surface area contributed by atoms with Crippen molar-refractivity contribution in [1.82, 2.24) is 12.3 Å². The van der Waals surface area contributed by atoms with Gasteiger partial charge in [-0.1, -0.05) is 0 Å². The average Bonchev–Trinajstić information content (AvgIpc) is 2.23. The number of rotatable bonds is 9. The second-order valence-corrected chi connectivity index (χ2v) is 3.69. The lowest BCUT2D eigenvalue weighted by Gasteiger charge is -2.02. The Labute approximate surface area is 116 Å². The largest absolute Gasteiger partial charge is 0.481 e. The van der Waals surface area contributed by atoms with Crippen molar-refractivity contribution >= 4 is 23.9 Å². The molecule has 20 heavy (non-hydrogen) atoms. The maximum absolute atomic E-state index is 11.1. The average molecular weight is 294 g/mol. The number of carboxylic acid groups (broad SMARTS) is 2. The quantitative estimate of drug-likeness (QED) is 0.275. The van der Waals surface area contributed by atoms with Crippen LogP contribution in [0.2, 0.25) is 0 Å². The van der Waals surface area contributed by atoms with E-state index in [1.165, 1.54) is 0 Å². The Kier molecular flexibility index (Phi) is 15.5. The van der Waals surface area contributed by atoms with E-state index in [2.05, 4.69) is 4.74 Å². The van der Waals surface area contributed by atoms with Gasteiger partial charge in [0.05, 0.1) is 0 Å². The van der Waals surface area contributed by atoms with Gasteiger partial charge in [0, 0.05) is 25.7 Å². The molecule has 0 fully saturated rings. The molecular weight excluding hydrogens is 272 g/mol. The summed E-state index contributed by atoms with van der Waals surface area (Å²) in [5.41, 5.74) is 0. The van der Waals surface area contributed by atoms with Crippen LogP contribution < -0.4 is 12.3 Å². The number of unbranched alkanes of at least 4 members (excludes halogenated alkanes) is 1. The number of ether oxygens (including phenoxy) is 1. The normalized spacial score (nSPS) is 8.80. The Balaban J connectivity index is -0.00000144. The molecule has 0 aliphatic rings. The summed E-state index contributed by atoms with van der Waals surface area (Å²) in [6.45, 7) is 0. The molecule has 0 saturated carbocycles. The first kappa shape index (κ1) is 23.1. The van der Waals surface area contributed by atoms with Gasteiger partial charge in [0.2, 0.25) is 0 Å². The van der Waals surface area contributed by atoms with Crippen LogP contribution in [0.15, 0.2) is 0 Å². The third-order valence-electron chi connectivity index (χ3n) is 2.02. The van der Waals surface area contributed by atoms with Crippen LogP contribution >= 0.6 is 0 Å². The van der Waals surface area contributed by atoms with Crippen molar-refractivity contribution in [2.45, 2.75) is 44.9 Å². The van der Waals surface area contributed by atoms with Gasteiger partial charge < -0.3 is 27.3 Å². The second-order valence-electron chi connectivity index (χ2n) is 3.69. The van der Waals surface area contributed by atoms with Gasteiger partial charge in [-0.25, -0.2) is 0 Å². The van der Waals surface area contributed by atoms with Crippen LogP contribution in [0.5, 0.6) is 0 Å². The fourth-order valence-electron chi connectivity index (χ4n) is 1.16. The van der Waals surface area contributed by atoms with E-state index < -0.39 is 23.9 Å². The van der Waals surface area contributed by atoms with E-state index in [-0.39, 0.29) is 44.4 Å². The van der Waals surface area contributed by atoms with Crippen molar-refractivity contribution < 1.29 is 34.1 Å². The smallest absolute Gasteiger partial charge is 0.313 e. The Morgan fingerprint density at radius 1 is 0.650 bits per heavy atom. The molecule has 0 aromatic rings. The molecule has 9 nitrogen and oxygen atoms in total. The first-order valence-electron chi connectivity index (χ1n) is 5.59. The van der Waals surface area contributed by atoms with Gasteiger partial charge in [0.15, 0.2) is 0 Å². The Morgan fingerprint density at radius 2 is 1.00 bits per heavy atom. The molecule has 0 unspecified atom stereocenters. The SMILES string of the molecule is N.N.O=C(O)CCCCC(=O)OC(=O)CCCC(=O)O. The molecule has 0 saturated heterocycles. The maximum atomic E-state index is 11.1. The first-order valence-corrected chi connectivity index (χ1v) is 5.59. The van der Waals surface area contributed by atoms with Gasteiger partial charge in [-0.3, -0.25) is 19.2 Å². The van der Waals surface area contributed by atoms with Crippen LogP contribution in [0.25, 0.3) is 0 Å². The Hall–Kier alpha value is -2.00.